The lowest BCUT2D eigenvalue weighted by atomic mass is 10.1. The van der Waals surface area contributed by atoms with Crippen LogP contribution < -0.4 is 10.5 Å². The molecule has 0 saturated heterocycles. The fraction of sp³-hybridized carbons (Fsp3) is 0.188. The minimum atomic E-state index is 0.460. The quantitative estimate of drug-likeness (QED) is 0.890. The van der Waals surface area contributed by atoms with Crippen molar-refractivity contribution < 1.29 is 4.74 Å². The average Bonchev–Trinajstić information content (AvgIpc) is 2.46. The summed E-state index contributed by atoms with van der Waals surface area (Å²) in [5.74, 6) is 0.827. The lowest BCUT2D eigenvalue weighted by molar-refractivity contribution is 0.306. The molecular formula is C16H16N2O. The SMILES string of the molecule is N#Cc1cccc(COc2cccc(CCN)c2)c1. The van der Waals surface area contributed by atoms with Crippen LogP contribution in [0, 0.1) is 11.3 Å². The first-order valence-corrected chi connectivity index (χ1v) is 6.22. The molecule has 0 heterocycles. The lowest BCUT2D eigenvalue weighted by Crippen LogP contribution is -2.03. The fourth-order valence-corrected chi connectivity index (χ4v) is 1.85. The van der Waals surface area contributed by atoms with Gasteiger partial charge in [-0.15, -0.1) is 0 Å². The van der Waals surface area contributed by atoms with Gasteiger partial charge in [-0.2, -0.15) is 5.26 Å². The van der Waals surface area contributed by atoms with Crippen LogP contribution in [-0.4, -0.2) is 6.54 Å². The third kappa shape index (κ3) is 3.84. The van der Waals surface area contributed by atoms with Crippen LogP contribution in [0.25, 0.3) is 0 Å². The van der Waals surface area contributed by atoms with Crippen molar-refractivity contribution in [3.63, 3.8) is 0 Å². The Bertz CT molecular complexity index is 587. The smallest absolute Gasteiger partial charge is 0.120 e. The second-order valence-corrected chi connectivity index (χ2v) is 4.29. The molecular weight excluding hydrogens is 236 g/mol. The van der Waals surface area contributed by atoms with Crippen LogP contribution >= 0.6 is 0 Å². The first-order valence-electron chi connectivity index (χ1n) is 6.22. The Hall–Kier alpha value is -2.31. The van der Waals surface area contributed by atoms with E-state index in [4.69, 9.17) is 15.7 Å². The number of nitrogens with zero attached hydrogens (tertiary/aromatic N) is 1. The first kappa shape index (κ1) is 13.1. The minimum Gasteiger partial charge on any atom is -0.489 e. The van der Waals surface area contributed by atoms with E-state index in [1.807, 2.05) is 42.5 Å². The van der Waals surface area contributed by atoms with Gasteiger partial charge in [-0.25, -0.2) is 0 Å². The average molecular weight is 252 g/mol. The van der Waals surface area contributed by atoms with E-state index in [9.17, 15) is 0 Å². The van der Waals surface area contributed by atoms with E-state index in [0.29, 0.717) is 18.7 Å². The van der Waals surface area contributed by atoms with Crippen molar-refractivity contribution in [2.45, 2.75) is 13.0 Å². The summed E-state index contributed by atoms with van der Waals surface area (Å²) in [5.41, 5.74) is 8.35. The van der Waals surface area contributed by atoms with Crippen LogP contribution in [0.5, 0.6) is 5.75 Å². The third-order valence-electron chi connectivity index (χ3n) is 2.79. The molecule has 2 aromatic carbocycles. The molecule has 3 nitrogen and oxygen atoms in total. The molecule has 0 unspecified atom stereocenters. The summed E-state index contributed by atoms with van der Waals surface area (Å²) in [7, 11) is 0. The van der Waals surface area contributed by atoms with Crippen LogP contribution in [0.3, 0.4) is 0 Å². The number of ether oxygens (including phenoxy) is 1. The normalized spacial score (nSPS) is 9.89. The van der Waals surface area contributed by atoms with Gasteiger partial charge in [-0.3, -0.25) is 0 Å². The van der Waals surface area contributed by atoms with E-state index in [1.165, 1.54) is 5.56 Å². The van der Waals surface area contributed by atoms with Gasteiger partial charge >= 0.3 is 0 Å². The highest BCUT2D eigenvalue weighted by molar-refractivity contribution is 5.33. The van der Waals surface area contributed by atoms with Crippen LogP contribution in [0.1, 0.15) is 16.7 Å². The molecule has 0 fully saturated rings. The molecule has 2 aromatic rings. The Kier molecular flexibility index (Phi) is 4.54. The van der Waals surface area contributed by atoms with Gasteiger partial charge in [0.2, 0.25) is 0 Å². The summed E-state index contributed by atoms with van der Waals surface area (Å²) in [4.78, 5) is 0. The summed E-state index contributed by atoms with van der Waals surface area (Å²) >= 11 is 0. The van der Waals surface area contributed by atoms with Crippen LogP contribution in [0.4, 0.5) is 0 Å². The maximum atomic E-state index is 8.84. The van der Waals surface area contributed by atoms with Crippen LogP contribution in [-0.2, 0) is 13.0 Å². The maximum Gasteiger partial charge on any atom is 0.120 e. The van der Waals surface area contributed by atoms with Crippen molar-refractivity contribution in [2.24, 2.45) is 5.73 Å². The summed E-state index contributed by atoms with van der Waals surface area (Å²) in [6.07, 6.45) is 0.848. The van der Waals surface area contributed by atoms with Crippen molar-refractivity contribution in [1.82, 2.24) is 0 Å². The molecule has 2 rings (SSSR count). The molecule has 0 atom stereocenters. The van der Waals surface area contributed by atoms with E-state index >= 15 is 0 Å². The molecule has 0 radical (unpaired) electrons. The number of hydrogen-bond acceptors (Lipinski definition) is 3. The van der Waals surface area contributed by atoms with Gasteiger partial charge in [0, 0.05) is 0 Å². The number of nitriles is 1. The van der Waals surface area contributed by atoms with Crippen molar-refractivity contribution in [3.8, 4) is 11.8 Å². The second-order valence-electron chi connectivity index (χ2n) is 4.29. The van der Waals surface area contributed by atoms with Gasteiger partial charge in [-0.05, 0) is 48.4 Å². The van der Waals surface area contributed by atoms with Gasteiger partial charge in [0.05, 0.1) is 11.6 Å². The molecule has 0 saturated carbocycles. The zero-order chi connectivity index (χ0) is 13.5. The zero-order valence-corrected chi connectivity index (χ0v) is 10.7. The van der Waals surface area contributed by atoms with Crippen molar-refractivity contribution in [2.75, 3.05) is 6.54 Å². The standard InChI is InChI=1S/C16H16N2O/c17-8-7-13-3-2-6-16(10-13)19-12-15-5-1-4-14(9-15)11-18/h1-6,9-10H,7-8,12,17H2. The number of rotatable bonds is 5. The molecule has 0 aliphatic heterocycles. The largest absolute Gasteiger partial charge is 0.489 e. The van der Waals surface area contributed by atoms with Crippen molar-refractivity contribution >= 4 is 0 Å². The maximum absolute atomic E-state index is 8.84. The second kappa shape index (κ2) is 6.58. The van der Waals surface area contributed by atoms with Gasteiger partial charge in [0.15, 0.2) is 0 Å². The van der Waals surface area contributed by atoms with E-state index in [1.54, 1.807) is 6.07 Å². The molecule has 0 aliphatic carbocycles. The molecule has 3 heteroatoms. The molecule has 0 spiro atoms. The third-order valence-corrected chi connectivity index (χ3v) is 2.79. The summed E-state index contributed by atoms with van der Waals surface area (Å²) in [5, 5.41) is 8.84. The fourth-order valence-electron chi connectivity index (χ4n) is 1.85. The monoisotopic (exact) mass is 252 g/mol. The topological polar surface area (TPSA) is 59.0 Å². The van der Waals surface area contributed by atoms with Crippen LogP contribution in [0.2, 0.25) is 0 Å². The van der Waals surface area contributed by atoms with E-state index in [2.05, 4.69) is 6.07 Å². The molecule has 19 heavy (non-hydrogen) atoms. The van der Waals surface area contributed by atoms with Crippen molar-refractivity contribution in [1.29, 1.82) is 5.26 Å². The molecule has 0 aliphatic rings. The molecule has 0 aromatic heterocycles. The predicted molar refractivity (Wildman–Crippen MR) is 74.7 cm³/mol. The highest BCUT2D eigenvalue weighted by Gasteiger charge is 1.99. The first-order chi connectivity index (χ1) is 9.31. The highest BCUT2D eigenvalue weighted by atomic mass is 16.5. The Morgan fingerprint density at radius 1 is 1.05 bits per heavy atom. The molecule has 2 N–H and O–H groups in total. The molecule has 0 bridgehead atoms. The van der Waals surface area contributed by atoms with Gasteiger partial charge in [0.25, 0.3) is 0 Å². The van der Waals surface area contributed by atoms with Gasteiger partial charge in [0.1, 0.15) is 12.4 Å². The molecule has 96 valence electrons. The van der Waals surface area contributed by atoms with Crippen molar-refractivity contribution in [3.05, 3.63) is 65.2 Å². The van der Waals surface area contributed by atoms with Gasteiger partial charge < -0.3 is 10.5 Å². The summed E-state index contributed by atoms with van der Waals surface area (Å²) in [6.45, 7) is 1.09. The number of benzene rings is 2. The Morgan fingerprint density at radius 2 is 1.84 bits per heavy atom. The highest BCUT2D eigenvalue weighted by Crippen LogP contribution is 2.15. The lowest BCUT2D eigenvalue weighted by Gasteiger charge is -2.08. The van der Waals surface area contributed by atoms with Gasteiger partial charge in [-0.1, -0.05) is 24.3 Å². The Morgan fingerprint density at radius 3 is 2.63 bits per heavy atom. The van der Waals surface area contributed by atoms with E-state index < -0.39 is 0 Å². The minimum absolute atomic E-state index is 0.460. The Balaban J connectivity index is 2.01. The molecule has 0 amide bonds. The Labute approximate surface area is 113 Å². The predicted octanol–water partition coefficient (Wildman–Crippen LogP) is 2.64. The van der Waals surface area contributed by atoms with E-state index in [0.717, 1.165) is 17.7 Å². The zero-order valence-electron chi connectivity index (χ0n) is 10.7. The van der Waals surface area contributed by atoms with E-state index in [-0.39, 0.29) is 0 Å². The van der Waals surface area contributed by atoms with Crippen LogP contribution in [0.15, 0.2) is 48.5 Å². The number of hydrogen-bond donors (Lipinski definition) is 1. The summed E-state index contributed by atoms with van der Waals surface area (Å²) < 4.78 is 5.73. The number of nitrogens with two attached hydrogens (primary N) is 1. The summed E-state index contributed by atoms with van der Waals surface area (Å²) in [6, 6.07) is 17.5.